The summed E-state index contributed by atoms with van der Waals surface area (Å²) in [7, 11) is 0. The second-order valence-electron chi connectivity index (χ2n) is 17.1. The number of Topliss-reactive ketones (excluding diaryl/α,β-unsaturated/α-hetero) is 1. The van der Waals surface area contributed by atoms with Crippen LogP contribution < -0.4 is 5.32 Å². The molecule has 0 aromatic heterocycles. The van der Waals surface area contributed by atoms with E-state index in [9.17, 15) is 14.4 Å². The molecule has 4 fully saturated rings. The third-order valence-corrected chi connectivity index (χ3v) is 14.6. The first kappa shape index (κ1) is 29.1. The van der Waals surface area contributed by atoms with E-state index in [-0.39, 0.29) is 44.8 Å². The number of hydrogen-bond acceptors (Lipinski definition) is 3. The molecule has 0 spiro atoms. The summed E-state index contributed by atoms with van der Waals surface area (Å²) in [6.07, 6.45) is 10.5. The van der Waals surface area contributed by atoms with Crippen LogP contribution in [0.25, 0.3) is 0 Å². The summed E-state index contributed by atoms with van der Waals surface area (Å²) in [5.74, 6) is 1.46. The summed E-state index contributed by atoms with van der Waals surface area (Å²) in [5.41, 5.74) is 0.0399. The van der Waals surface area contributed by atoms with E-state index in [1.807, 2.05) is 0 Å². The lowest BCUT2D eigenvalue weighted by atomic mass is 9.30. The minimum atomic E-state index is -0.424. The fourth-order valence-corrected chi connectivity index (χ4v) is 10.8. The van der Waals surface area contributed by atoms with Gasteiger partial charge >= 0.3 is 0 Å². The normalized spacial score (nSPS) is 48.8. The molecule has 5 aliphatic rings. The Balaban J connectivity index is 1.57. The van der Waals surface area contributed by atoms with Crippen molar-refractivity contribution < 1.29 is 14.4 Å². The van der Waals surface area contributed by atoms with Crippen molar-refractivity contribution in [1.29, 1.82) is 0 Å². The summed E-state index contributed by atoms with van der Waals surface area (Å²) < 4.78 is 0. The highest BCUT2D eigenvalue weighted by Crippen LogP contribution is 2.77. The molecule has 0 heterocycles. The zero-order valence-electron chi connectivity index (χ0n) is 26.6. The van der Waals surface area contributed by atoms with Gasteiger partial charge in [-0.25, -0.2) is 0 Å². The zero-order valence-corrected chi connectivity index (χ0v) is 26.6. The van der Waals surface area contributed by atoms with Crippen molar-refractivity contribution in [2.45, 2.75) is 127 Å². The molecular weight excluding hydrogens is 482 g/mol. The lowest BCUT2D eigenvalue weighted by Gasteiger charge is -2.72. The Morgan fingerprint density at radius 3 is 2.15 bits per heavy atom. The van der Waals surface area contributed by atoms with Crippen molar-refractivity contribution >= 4 is 17.5 Å². The molecule has 8 atom stereocenters. The van der Waals surface area contributed by atoms with E-state index < -0.39 is 10.8 Å². The van der Waals surface area contributed by atoms with Gasteiger partial charge in [0.1, 0.15) is 5.78 Å². The maximum Gasteiger partial charge on any atom is 0.225 e. The molecule has 39 heavy (non-hydrogen) atoms. The summed E-state index contributed by atoms with van der Waals surface area (Å²) >= 11 is 0. The van der Waals surface area contributed by atoms with Gasteiger partial charge in [-0.2, -0.15) is 0 Å². The molecule has 0 bridgehead atoms. The third kappa shape index (κ3) is 3.57. The molecule has 4 heteroatoms. The molecule has 4 nitrogen and oxygen atoms in total. The SMILES string of the molecule is CC(C)CNC(=O)[C@@]1(C)CC[C@]2(C)CC[C@]3(C)C(=CC(=O)[C@@H]4[C@@]5(C)CCC(=O)C(C)(C)[C@]5(C)CC[C@]43C)[C@H]2C1. The van der Waals surface area contributed by atoms with Gasteiger partial charge in [-0.1, -0.05) is 74.8 Å². The average Bonchev–Trinajstić information content (AvgIpc) is 2.85. The average molecular weight is 538 g/mol. The Morgan fingerprint density at radius 1 is 0.872 bits per heavy atom. The molecule has 1 N–H and O–H groups in total. The van der Waals surface area contributed by atoms with Crippen molar-refractivity contribution in [3.63, 3.8) is 0 Å². The van der Waals surface area contributed by atoms with Crippen LogP contribution in [0.5, 0.6) is 0 Å². The van der Waals surface area contributed by atoms with E-state index in [4.69, 9.17) is 0 Å². The predicted molar refractivity (Wildman–Crippen MR) is 157 cm³/mol. The minimum absolute atomic E-state index is 0.0708. The van der Waals surface area contributed by atoms with Gasteiger partial charge in [-0.3, -0.25) is 14.4 Å². The van der Waals surface area contributed by atoms with Crippen LogP contribution in [0.3, 0.4) is 0 Å². The van der Waals surface area contributed by atoms with Gasteiger partial charge in [0.2, 0.25) is 5.91 Å². The Kier molecular flexibility index (Phi) is 6.36. The predicted octanol–water partition coefficient (Wildman–Crippen LogP) is 7.70. The number of nitrogens with one attached hydrogen (secondary N) is 1. The van der Waals surface area contributed by atoms with Gasteiger partial charge in [-0.05, 0) is 96.4 Å². The molecule has 5 rings (SSSR count). The maximum atomic E-state index is 14.5. The standard InChI is InChI=1S/C35H55NO3/c1-22(2)21-36-28(39)31(6)14-13-30(5)15-16-32(7)23(24(30)20-31)19-25(37)27-33(32,8)17-18-35(10)29(3,4)26(38)11-12-34(27,35)9/h19,22,24,27H,11-18,20-21H2,1-10H3,(H,36,39)/t24-,27+,30-,31+,32-,33-,34-,35+/m1/s1. The van der Waals surface area contributed by atoms with E-state index >= 15 is 0 Å². The number of allylic oxidation sites excluding steroid dienone is 2. The van der Waals surface area contributed by atoms with Crippen LogP contribution in [0, 0.1) is 55.7 Å². The minimum Gasteiger partial charge on any atom is -0.355 e. The fraction of sp³-hybridized carbons (Fsp3) is 0.857. The van der Waals surface area contributed by atoms with Gasteiger partial charge in [0.25, 0.3) is 0 Å². The van der Waals surface area contributed by atoms with Gasteiger partial charge in [0.05, 0.1) is 0 Å². The second kappa shape index (κ2) is 8.54. The molecule has 0 unspecified atom stereocenters. The Bertz CT molecular complexity index is 1130. The third-order valence-electron chi connectivity index (χ3n) is 14.6. The van der Waals surface area contributed by atoms with Crippen molar-refractivity contribution in [3.05, 3.63) is 11.6 Å². The highest BCUT2D eigenvalue weighted by Gasteiger charge is 2.73. The number of amides is 1. The topological polar surface area (TPSA) is 63.2 Å². The molecule has 1 amide bonds. The van der Waals surface area contributed by atoms with Crippen LogP contribution in [0.1, 0.15) is 127 Å². The first-order chi connectivity index (χ1) is 17.8. The first-order valence-corrected chi connectivity index (χ1v) is 15.9. The monoisotopic (exact) mass is 537 g/mol. The number of carbonyl (C=O) groups is 3. The van der Waals surface area contributed by atoms with Crippen molar-refractivity contribution in [2.75, 3.05) is 6.54 Å². The van der Waals surface area contributed by atoms with Crippen LogP contribution in [0.4, 0.5) is 0 Å². The van der Waals surface area contributed by atoms with Gasteiger partial charge < -0.3 is 5.32 Å². The molecule has 0 saturated heterocycles. The summed E-state index contributed by atoms with van der Waals surface area (Å²) in [4.78, 5) is 41.2. The largest absolute Gasteiger partial charge is 0.355 e. The van der Waals surface area contributed by atoms with Crippen LogP contribution >= 0.6 is 0 Å². The molecule has 0 aliphatic heterocycles. The first-order valence-electron chi connectivity index (χ1n) is 15.9. The van der Waals surface area contributed by atoms with E-state index in [0.717, 1.165) is 51.4 Å². The smallest absolute Gasteiger partial charge is 0.225 e. The van der Waals surface area contributed by atoms with Crippen molar-refractivity contribution in [3.8, 4) is 0 Å². The van der Waals surface area contributed by atoms with E-state index in [2.05, 4.69) is 80.6 Å². The molecule has 0 radical (unpaired) electrons. The number of carbonyl (C=O) groups excluding carboxylic acids is 3. The number of rotatable bonds is 3. The molecule has 0 aromatic carbocycles. The zero-order chi connectivity index (χ0) is 29.0. The maximum absolute atomic E-state index is 14.5. The van der Waals surface area contributed by atoms with Crippen LogP contribution in [0.2, 0.25) is 0 Å². The molecular formula is C35H55NO3. The summed E-state index contributed by atoms with van der Waals surface area (Å²) in [6, 6.07) is 0. The van der Waals surface area contributed by atoms with E-state index in [1.165, 1.54) is 5.57 Å². The number of fused-ring (bicyclic) bond motifs is 7. The van der Waals surface area contributed by atoms with Crippen LogP contribution in [0.15, 0.2) is 11.6 Å². The Morgan fingerprint density at radius 2 is 1.51 bits per heavy atom. The number of ketones is 2. The highest BCUT2D eigenvalue weighted by molar-refractivity contribution is 5.96. The quantitative estimate of drug-likeness (QED) is 0.401. The summed E-state index contributed by atoms with van der Waals surface area (Å²) in [5, 5.41) is 3.24. The highest BCUT2D eigenvalue weighted by atomic mass is 16.2. The van der Waals surface area contributed by atoms with Gasteiger partial charge in [-0.15, -0.1) is 0 Å². The molecule has 0 aromatic rings. The molecule has 5 aliphatic carbocycles. The van der Waals surface area contributed by atoms with Crippen molar-refractivity contribution in [2.24, 2.45) is 55.7 Å². The second-order valence-corrected chi connectivity index (χ2v) is 17.1. The van der Waals surface area contributed by atoms with Crippen LogP contribution in [-0.4, -0.2) is 24.0 Å². The Labute approximate surface area is 237 Å². The summed E-state index contributed by atoms with van der Waals surface area (Å²) in [6.45, 7) is 23.4. The van der Waals surface area contributed by atoms with E-state index in [0.29, 0.717) is 30.4 Å². The number of hydrogen-bond donors (Lipinski definition) is 1. The van der Waals surface area contributed by atoms with E-state index in [1.54, 1.807) is 0 Å². The lowest BCUT2D eigenvalue weighted by molar-refractivity contribution is -0.217. The molecule has 218 valence electrons. The van der Waals surface area contributed by atoms with Crippen LogP contribution in [-0.2, 0) is 14.4 Å². The Hall–Kier alpha value is -1.45. The lowest BCUT2D eigenvalue weighted by Crippen LogP contribution is -2.69. The van der Waals surface area contributed by atoms with Gasteiger partial charge in [0, 0.05) is 29.7 Å². The molecule has 4 saturated carbocycles. The van der Waals surface area contributed by atoms with Gasteiger partial charge in [0.15, 0.2) is 5.78 Å². The fourth-order valence-electron chi connectivity index (χ4n) is 10.8. The van der Waals surface area contributed by atoms with Crippen molar-refractivity contribution in [1.82, 2.24) is 5.32 Å².